The van der Waals surface area contributed by atoms with Gasteiger partial charge in [0, 0.05) is 17.5 Å². The van der Waals surface area contributed by atoms with Crippen molar-refractivity contribution in [2.75, 3.05) is 13.7 Å². The van der Waals surface area contributed by atoms with Crippen molar-refractivity contribution in [2.45, 2.75) is 16.7 Å². The molecule has 0 fully saturated rings. The van der Waals surface area contributed by atoms with E-state index >= 15 is 0 Å². The van der Waals surface area contributed by atoms with Crippen molar-refractivity contribution < 1.29 is 9.13 Å². The van der Waals surface area contributed by atoms with E-state index in [9.17, 15) is 9.18 Å². The molecular weight excluding hydrogens is 403 g/mol. The highest BCUT2D eigenvalue weighted by atomic mass is 35.5. The molecule has 0 unspecified atom stereocenters. The van der Waals surface area contributed by atoms with Crippen LogP contribution in [0.5, 0.6) is 0 Å². The Bertz CT molecular complexity index is 1250. The lowest BCUT2D eigenvalue weighted by Gasteiger charge is -2.13. The number of rotatable bonds is 5. The maximum absolute atomic E-state index is 13.8. The van der Waals surface area contributed by atoms with Crippen LogP contribution in [0.3, 0.4) is 0 Å². The summed E-state index contributed by atoms with van der Waals surface area (Å²) in [4.78, 5) is 26.0. The molecule has 0 aliphatic heterocycles. The van der Waals surface area contributed by atoms with Gasteiger partial charge in [-0.25, -0.2) is 19.3 Å². The first kappa shape index (κ1) is 18.8. The third kappa shape index (κ3) is 3.58. The molecule has 142 valence electrons. The maximum atomic E-state index is 13.8. The summed E-state index contributed by atoms with van der Waals surface area (Å²) in [6.45, 7) is 0.661. The van der Waals surface area contributed by atoms with Gasteiger partial charge in [-0.2, -0.15) is 0 Å². The number of methoxy groups -OCH3 is 1. The van der Waals surface area contributed by atoms with Gasteiger partial charge in [-0.1, -0.05) is 11.6 Å². The zero-order chi connectivity index (χ0) is 19.7. The van der Waals surface area contributed by atoms with Crippen LogP contribution in [0.25, 0.3) is 21.8 Å². The Morgan fingerprint density at radius 2 is 2.00 bits per heavy atom. The normalized spacial score (nSPS) is 11.4. The van der Waals surface area contributed by atoms with Crippen LogP contribution in [0.2, 0.25) is 5.02 Å². The predicted molar refractivity (Wildman–Crippen MR) is 107 cm³/mol. The first-order chi connectivity index (χ1) is 13.6. The number of halogens is 2. The molecule has 28 heavy (non-hydrogen) atoms. The van der Waals surface area contributed by atoms with Crippen molar-refractivity contribution in [1.82, 2.24) is 19.5 Å². The van der Waals surface area contributed by atoms with Gasteiger partial charge in [-0.05, 0) is 48.2 Å². The molecule has 9 heteroatoms. The summed E-state index contributed by atoms with van der Waals surface area (Å²) >= 11 is 7.24. The molecule has 0 bridgehead atoms. The van der Waals surface area contributed by atoms with Gasteiger partial charge in [-0.3, -0.25) is 9.36 Å². The number of nitrogens with zero attached hydrogens (tertiary/aromatic N) is 4. The first-order valence-electron chi connectivity index (χ1n) is 8.34. The lowest BCUT2D eigenvalue weighted by Crippen LogP contribution is -2.25. The molecule has 2 aromatic carbocycles. The molecule has 0 saturated heterocycles. The summed E-state index contributed by atoms with van der Waals surface area (Å²) in [6.07, 6.45) is 1.40. The SMILES string of the molecule is COCCn1c(Sc2ncnc3ccc(F)cc23)nc2cc(Cl)ccc2c1=O. The topological polar surface area (TPSA) is 69.9 Å². The fourth-order valence-corrected chi connectivity index (χ4v) is 3.95. The van der Waals surface area contributed by atoms with Crippen molar-refractivity contribution in [3.63, 3.8) is 0 Å². The summed E-state index contributed by atoms with van der Waals surface area (Å²) in [5.41, 5.74) is 0.887. The fourth-order valence-electron chi connectivity index (χ4n) is 2.80. The molecule has 0 atom stereocenters. The zero-order valence-electron chi connectivity index (χ0n) is 14.7. The van der Waals surface area contributed by atoms with Gasteiger partial charge in [0.15, 0.2) is 5.16 Å². The molecule has 0 radical (unpaired) electrons. The molecule has 0 spiro atoms. The molecule has 4 aromatic rings. The molecule has 2 aromatic heterocycles. The average Bonchev–Trinajstić information content (AvgIpc) is 2.68. The van der Waals surface area contributed by atoms with Crippen LogP contribution in [0.4, 0.5) is 4.39 Å². The van der Waals surface area contributed by atoms with Gasteiger partial charge in [0.1, 0.15) is 17.2 Å². The second-order valence-corrected chi connectivity index (χ2v) is 7.34. The van der Waals surface area contributed by atoms with Crippen molar-refractivity contribution >= 4 is 45.2 Å². The van der Waals surface area contributed by atoms with E-state index in [4.69, 9.17) is 16.3 Å². The smallest absolute Gasteiger partial charge is 0.262 e. The Labute approximate surface area is 168 Å². The van der Waals surface area contributed by atoms with E-state index in [1.54, 1.807) is 31.4 Å². The number of fused-ring (bicyclic) bond motifs is 2. The van der Waals surface area contributed by atoms with Crippen molar-refractivity contribution in [3.05, 3.63) is 63.9 Å². The standard InChI is InChI=1S/C19H14ClFN4O2S/c1-27-7-6-25-18(26)13-4-2-11(20)8-16(13)24-19(25)28-17-14-9-12(21)3-5-15(14)22-10-23-17/h2-5,8-10H,6-7H2,1H3. The summed E-state index contributed by atoms with van der Waals surface area (Å²) < 4.78 is 20.4. The minimum Gasteiger partial charge on any atom is -0.383 e. The minimum atomic E-state index is -0.390. The van der Waals surface area contributed by atoms with Gasteiger partial charge < -0.3 is 4.74 Å². The number of ether oxygens (including phenoxy) is 1. The second-order valence-electron chi connectivity index (χ2n) is 5.95. The van der Waals surface area contributed by atoms with Crippen LogP contribution in [-0.4, -0.2) is 33.2 Å². The molecule has 0 N–H and O–H groups in total. The number of aromatic nitrogens is 4. The predicted octanol–water partition coefficient (Wildman–Crippen LogP) is 3.93. The highest BCUT2D eigenvalue weighted by Crippen LogP contribution is 2.31. The van der Waals surface area contributed by atoms with Crippen LogP contribution in [0.1, 0.15) is 0 Å². The van der Waals surface area contributed by atoms with E-state index in [1.165, 1.54) is 34.8 Å². The summed E-state index contributed by atoms with van der Waals surface area (Å²) in [5, 5.41) is 2.42. The molecule has 0 amide bonds. The number of hydrogen-bond donors (Lipinski definition) is 0. The molecule has 0 saturated carbocycles. The lowest BCUT2D eigenvalue weighted by atomic mass is 10.2. The molecular formula is C19H14ClFN4O2S. The third-order valence-electron chi connectivity index (χ3n) is 4.15. The van der Waals surface area contributed by atoms with Crippen LogP contribution >= 0.6 is 23.4 Å². The largest absolute Gasteiger partial charge is 0.383 e. The van der Waals surface area contributed by atoms with Gasteiger partial charge in [0.25, 0.3) is 5.56 Å². The van der Waals surface area contributed by atoms with E-state index in [2.05, 4.69) is 15.0 Å². The van der Waals surface area contributed by atoms with E-state index in [-0.39, 0.29) is 11.4 Å². The number of hydrogen-bond acceptors (Lipinski definition) is 6. The van der Waals surface area contributed by atoms with E-state index < -0.39 is 0 Å². The Balaban J connectivity index is 1.90. The van der Waals surface area contributed by atoms with Crippen molar-refractivity contribution in [1.29, 1.82) is 0 Å². The molecule has 6 nitrogen and oxygen atoms in total. The Kier molecular flexibility index (Phi) is 5.25. The third-order valence-corrected chi connectivity index (χ3v) is 5.40. The quantitative estimate of drug-likeness (QED) is 0.362. The van der Waals surface area contributed by atoms with Crippen molar-refractivity contribution in [2.24, 2.45) is 0 Å². The minimum absolute atomic E-state index is 0.203. The van der Waals surface area contributed by atoms with Gasteiger partial charge >= 0.3 is 0 Å². The summed E-state index contributed by atoms with van der Waals surface area (Å²) in [7, 11) is 1.56. The Morgan fingerprint density at radius 1 is 1.14 bits per heavy atom. The fraction of sp³-hybridized carbons (Fsp3) is 0.158. The highest BCUT2D eigenvalue weighted by molar-refractivity contribution is 7.99. The van der Waals surface area contributed by atoms with Gasteiger partial charge in [0.2, 0.25) is 0 Å². The molecule has 0 aliphatic carbocycles. The van der Waals surface area contributed by atoms with Gasteiger partial charge in [-0.15, -0.1) is 0 Å². The second kappa shape index (κ2) is 7.83. The van der Waals surface area contributed by atoms with Crippen LogP contribution in [0, 0.1) is 5.82 Å². The van der Waals surface area contributed by atoms with Crippen LogP contribution in [0.15, 0.2) is 57.7 Å². The summed E-state index contributed by atoms with van der Waals surface area (Å²) in [6, 6.07) is 9.24. The Hall–Kier alpha value is -2.55. The zero-order valence-corrected chi connectivity index (χ0v) is 16.3. The molecule has 0 aliphatic rings. The van der Waals surface area contributed by atoms with E-state index in [0.717, 1.165) is 0 Å². The lowest BCUT2D eigenvalue weighted by molar-refractivity contribution is 0.183. The van der Waals surface area contributed by atoms with Gasteiger partial charge in [0.05, 0.1) is 29.6 Å². The molecule has 2 heterocycles. The maximum Gasteiger partial charge on any atom is 0.262 e. The van der Waals surface area contributed by atoms with E-state index in [0.29, 0.717) is 50.2 Å². The molecule has 4 rings (SSSR count). The first-order valence-corrected chi connectivity index (χ1v) is 9.53. The summed E-state index contributed by atoms with van der Waals surface area (Å²) in [5.74, 6) is -0.390. The Morgan fingerprint density at radius 3 is 2.82 bits per heavy atom. The average molecular weight is 417 g/mol. The highest BCUT2D eigenvalue weighted by Gasteiger charge is 2.15. The number of benzene rings is 2. The monoisotopic (exact) mass is 416 g/mol. The van der Waals surface area contributed by atoms with E-state index in [1.807, 2.05) is 0 Å². The van der Waals surface area contributed by atoms with Crippen molar-refractivity contribution in [3.8, 4) is 0 Å². The van der Waals surface area contributed by atoms with Crippen LogP contribution < -0.4 is 5.56 Å². The van der Waals surface area contributed by atoms with Crippen LogP contribution in [-0.2, 0) is 11.3 Å².